The Balaban J connectivity index is 1.37. The van der Waals surface area contributed by atoms with E-state index >= 15 is 0 Å². The maximum Gasteiger partial charge on any atom is 0.228 e. The Hall–Kier alpha value is -1.89. The average molecular weight is 491 g/mol. The molecule has 0 radical (unpaired) electrons. The Labute approximate surface area is 207 Å². The van der Waals surface area contributed by atoms with Gasteiger partial charge in [0.15, 0.2) is 11.5 Å². The number of nitrogens with zero attached hydrogens (tertiary/aromatic N) is 1. The van der Waals surface area contributed by atoms with Crippen LogP contribution in [0.2, 0.25) is 5.02 Å². The van der Waals surface area contributed by atoms with Crippen molar-refractivity contribution in [1.82, 2.24) is 5.32 Å². The summed E-state index contributed by atoms with van der Waals surface area (Å²) in [7, 11) is 3.32. The molecule has 0 spiro atoms. The molecule has 1 N–H and O–H groups in total. The van der Waals surface area contributed by atoms with Gasteiger partial charge in [-0.1, -0.05) is 24.6 Å². The van der Waals surface area contributed by atoms with E-state index in [1.165, 1.54) is 5.56 Å². The van der Waals surface area contributed by atoms with Crippen LogP contribution in [0.3, 0.4) is 0 Å². The first kappa shape index (κ1) is 25.7. The number of anilines is 1. The fraction of sp³-hybridized carbons (Fsp3) is 0.500. The van der Waals surface area contributed by atoms with E-state index in [0.717, 1.165) is 71.6 Å². The Morgan fingerprint density at radius 3 is 2.73 bits per heavy atom. The standard InChI is InChI=1S/C26H35ClN2O3S/c1-19(5-6-20-7-10-23(31-2)24(17-20)32-3)11-13-28-14-12-26(30)29-15-4-16-33-25-18-21(27)8-9-22(25)29/h7-10,17-19,28H,4-6,11-16H2,1-3H3. The van der Waals surface area contributed by atoms with Crippen LogP contribution >= 0.6 is 23.4 Å². The van der Waals surface area contributed by atoms with Crippen molar-refractivity contribution in [3.63, 3.8) is 0 Å². The molecule has 180 valence electrons. The second-order valence-electron chi connectivity index (χ2n) is 8.48. The van der Waals surface area contributed by atoms with Crippen molar-refractivity contribution in [3.05, 3.63) is 47.0 Å². The van der Waals surface area contributed by atoms with E-state index in [1.807, 2.05) is 29.2 Å². The Morgan fingerprint density at radius 2 is 1.94 bits per heavy atom. The van der Waals surface area contributed by atoms with Gasteiger partial charge in [0.2, 0.25) is 5.91 Å². The maximum atomic E-state index is 12.9. The zero-order valence-corrected chi connectivity index (χ0v) is 21.4. The van der Waals surface area contributed by atoms with E-state index in [-0.39, 0.29) is 5.91 Å². The highest BCUT2D eigenvalue weighted by atomic mass is 35.5. The fourth-order valence-electron chi connectivity index (χ4n) is 4.01. The average Bonchev–Trinajstić information content (AvgIpc) is 3.04. The van der Waals surface area contributed by atoms with E-state index in [1.54, 1.807) is 26.0 Å². The lowest BCUT2D eigenvalue weighted by molar-refractivity contribution is -0.118. The Morgan fingerprint density at radius 1 is 1.12 bits per heavy atom. The third-order valence-corrected chi connectivity index (χ3v) is 7.37. The maximum absolute atomic E-state index is 12.9. The number of carbonyl (C=O) groups excluding carboxylic acids is 1. The number of hydrogen-bond acceptors (Lipinski definition) is 5. The summed E-state index contributed by atoms with van der Waals surface area (Å²) in [6.45, 7) is 4.68. The summed E-state index contributed by atoms with van der Waals surface area (Å²) in [4.78, 5) is 15.9. The molecule has 1 atom stereocenters. The molecule has 0 bridgehead atoms. The van der Waals surface area contributed by atoms with Gasteiger partial charge in [0.1, 0.15) is 0 Å². The number of carbonyl (C=O) groups is 1. The van der Waals surface area contributed by atoms with Crippen LogP contribution in [0, 0.1) is 5.92 Å². The molecule has 7 heteroatoms. The van der Waals surface area contributed by atoms with Crippen molar-refractivity contribution in [2.75, 3.05) is 44.5 Å². The van der Waals surface area contributed by atoms with E-state index in [4.69, 9.17) is 21.1 Å². The highest BCUT2D eigenvalue weighted by Crippen LogP contribution is 2.36. The number of methoxy groups -OCH3 is 2. The Bertz CT molecular complexity index is 924. The second-order valence-corrected chi connectivity index (χ2v) is 10.1. The van der Waals surface area contributed by atoms with E-state index < -0.39 is 0 Å². The third kappa shape index (κ3) is 7.56. The minimum Gasteiger partial charge on any atom is -0.493 e. The zero-order chi connectivity index (χ0) is 23.6. The van der Waals surface area contributed by atoms with Crippen LogP contribution in [0.5, 0.6) is 11.5 Å². The van der Waals surface area contributed by atoms with Gasteiger partial charge in [-0.2, -0.15) is 0 Å². The quantitative estimate of drug-likeness (QED) is 0.402. The summed E-state index contributed by atoms with van der Waals surface area (Å²) in [6.07, 6.45) is 4.71. The number of ether oxygens (including phenoxy) is 2. The van der Waals surface area contributed by atoms with Crippen molar-refractivity contribution in [2.24, 2.45) is 5.92 Å². The summed E-state index contributed by atoms with van der Waals surface area (Å²) in [6, 6.07) is 11.9. The molecule has 1 amide bonds. The van der Waals surface area contributed by atoms with E-state index in [0.29, 0.717) is 18.9 Å². The van der Waals surface area contributed by atoms with Crippen molar-refractivity contribution in [2.45, 2.75) is 43.9 Å². The number of halogens is 1. The van der Waals surface area contributed by atoms with E-state index in [2.05, 4.69) is 24.4 Å². The number of thioether (sulfide) groups is 1. The summed E-state index contributed by atoms with van der Waals surface area (Å²) in [5, 5.41) is 4.18. The first-order valence-corrected chi connectivity index (χ1v) is 13.0. The third-order valence-electron chi connectivity index (χ3n) is 6.00. The van der Waals surface area contributed by atoms with Gasteiger partial charge in [0.25, 0.3) is 0 Å². The van der Waals surface area contributed by atoms with Gasteiger partial charge >= 0.3 is 0 Å². The van der Waals surface area contributed by atoms with Gasteiger partial charge in [-0.3, -0.25) is 4.79 Å². The minimum absolute atomic E-state index is 0.176. The summed E-state index contributed by atoms with van der Waals surface area (Å²) >= 11 is 7.93. The Kier molecular flexibility index (Phi) is 10.2. The normalized spacial score (nSPS) is 14.4. The number of nitrogens with one attached hydrogen (secondary N) is 1. The monoisotopic (exact) mass is 490 g/mol. The zero-order valence-electron chi connectivity index (χ0n) is 19.9. The molecule has 33 heavy (non-hydrogen) atoms. The van der Waals surface area contributed by atoms with Gasteiger partial charge in [-0.25, -0.2) is 0 Å². The molecule has 1 unspecified atom stereocenters. The molecule has 0 aliphatic carbocycles. The largest absolute Gasteiger partial charge is 0.493 e. The summed E-state index contributed by atoms with van der Waals surface area (Å²) in [5.41, 5.74) is 2.26. The van der Waals surface area contributed by atoms with Gasteiger partial charge in [-0.05, 0) is 79.8 Å². The van der Waals surface area contributed by atoms with Gasteiger partial charge < -0.3 is 19.7 Å². The number of amides is 1. The lowest BCUT2D eigenvalue weighted by Crippen LogP contribution is -2.34. The number of benzene rings is 2. The van der Waals surface area contributed by atoms with Crippen LogP contribution in [0.15, 0.2) is 41.3 Å². The minimum atomic E-state index is 0.176. The highest BCUT2D eigenvalue weighted by molar-refractivity contribution is 7.99. The molecular formula is C26H35ClN2O3S. The first-order valence-electron chi connectivity index (χ1n) is 11.7. The SMILES string of the molecule is COc1ccc(CCC(C)CCNCCC(=O)N2CCCSc3cc(Cl)ccc32)cc1OC. The van der Waals surface area contributed by atoms with Crippen LogP contribution in [-0.2, 0) is 11.2 Å². The number of aryl methyl sites for hydroxylation is 1. The van der Waals surface area contributed by atoms with Crippen LogP contribution < -0.4 is 19.7 Å². The van der Waals surface area contributed by atoms with Crippen molar-refractivity contribution in [1.29, 1.82) is 0 Å². The molecule has 3 rings (SSSR count). The number of hydrogen-bond donors (Lipinski definition) is 1. The molecule has 1 aliphatic heterocycles. The predicted octanol–water partition coefficient (Wildman–Crippen LogP) is 5.82. The van der Waals surface area contributed by atoms with Crippen molar-refractivity contribution < 1.29 is 14.3 Å². The predicted molar refractivity (Wildman–Crippen MR) is 138 cm³/mol. The molecule has 1 aliphatic rings. The van der Waals surface area contributed by atoms with Gasteiger partial charge in [-0.15, -0.1) is 11.8 Å². The van der Waals surface area contributed by atoms with Gasteiger partial charge in [0, 0.05) is 29.4 Å². The molecule has 0 aromatic heterocycles. The molecular weight excluding hydrogens is 456 g/mol. The lowest BCUT2D eigenvalue weighted by Gasteiger charge is -2.23. The van der Waals surface area contributed by atoms with Crippen LogP contribution in [0.4, 0.5) is 5.69 Å². The second kappa shape index (κ2) is 13.1. The van der Waals surface area contributed by atoms with Crippen molar-refractivity contribution in [3.8, 4) is 11.5 Å². The highest BCUT2D eigenvalue weighted by Gasteiger charge is 2.21. The van der Waals surface area contributed by atoms with Crippen molar-refractivity contribution >= 4 is 35.0 Å². The van der Waals surface area contributed by atoms with Crippen LogP contribution in [0.25, 0.3) is 0 Å². The molecule has 0 saturated carbocycles. The summed E-state index contributed by atoms with van der Waals surface area (Å²) < 4.78 is 10.7. The topological polar surface area (TPSA) is 50.8 Å². The molecule has 5 nitrogen and oxygen atoms in total. The van der Waals surface area contributed by atoms with Crippen LogP contribution in [0.1, 0.15) is 38.2 Å². The molecule has 1 heterocycles. The molecule has 0 fully saturated rings. The van der Waals surface area contributed by atoms with Gasteiger partial charge in [0.05, 0.1) is 19.9 Å². The fourth-order valence-corrected chi connectivity index (χ4v) is 5.27. The summed E-state index contributed by atoms with van der Waals surface area (Å²) in [5.74, 6) is 3.33. The molecule has 2 aromatic rings. The molecule has 2 aromatic carbocycles. The number of rotatable bonds is 11. The van der Waals surface area contributed by atoms with E-state index in [9.17, 15) is 4.79 Å². The smallest absolute Gasteiger partial charge is 0.228 e. The molecule has 0 saturated heterocycles. The first-order chi connectivity index (χ1) is 16.0. The number of fused-ring (bicyclic) bond motifs is 1. The lowest BCUT2D eigenvalue weighted by atomic mass is 9.98. The van der Waals surface area contributed by atoms with Crippen LogP contribution in [-0.4, -0.2) is 45.5 Å².